The van der Waals surface area contributed by atoms with Gasteiger partial charge in [-0.1, -0.05) is 29.5 Å². The van der Waals surface area contributed by atoms with Crippen LogP contribution in [0, 0.1) is 5.82 Å². The number of amides is 2. The van der Waals surface area contributed by atoms with Gasteiger partial charge in [-0.2, -0.15) is 0 Å². The van der Waals surface area contributed by atoms with Gasteiger partial charge in [0.1, 0.15) is 16.6 Å². The van der Waals surface area contributed by atoms with Crippen LogP contribution < -0.4 is 10.1 Å². The van der Waals surface area contributed by atoms with E-state index in [9.17, 15) is 9.18 Å². The lowest BCUT2D eigenvalue weighted by molar-refractivity contribution is 0.192. The van der Waals surface area contributed by atoms with Gasteiger partial charge in [0.15, 0.2) is 5.01 Å². The molecule has 6 nitrogen and oxygen atoms in total. The summed E-state index contributed by atoms with van der Waals surface area (Å²) < 4.78 is 19.2. The number of halogens is 1. The summed E-state index contributed by atoms with van der Waals surface area (Å²) in [5.41, 5.74) is 1.15. The van der Waals surface area contributed by atoms with Gasteiger partial charge < -0.3 is 15.0 Å². The highest BCUT2D eigenvalue weighted by molar-refractivity contribution is 7.14. The molecule has 1 aliphatic rings. The average Bonchev–Trinajstić information content (AvgIpc) is 3.24. The number of piperidine rings is 1. The summed E-state index contributed by atoms with van der Waals surface area (Å²) in [5.74, 6) is 0.477. The van der Waals surface area contributed by atoms with Crippen LogP contribution in [0.5, 0.6) is 5.75 Å². The number of nitrogens with one attached hydrogen (secondary N) is 1. The van der Waals surface area contributed by atoms with Crippen LogP contribution in [0.15, 0.2) is 48.5 Å². The van der Waals surface area contributed by atoms with Crippen LogP contribution >= 0.6 is 11.3 Å². The van der Waals surface area contributed by atoms with E-state index in [4.69, 9.17) is 4.74 Å². The molecule has 1 atom stereocenters. The van der Waals surface area contributed by atoms with Gasteiger partial charge in [-0.25, -0.2) is 9.18 Å². The zero-order valence-electron chi connectivity index (χ0n) is 16.0. The fraction of sp³-hybridized carbons (Fsp3) is 0.286. The first-order valence-electron chi connectivity index (χ1n) is 9.42. The Hall–Kier alpha value is -3.00. The third-order valence-electron chi connectivity index (χ3n) is 4.92. The Kier molecular flexibility index (Phi) is 5.71. The molecule has 3 aromatic rings. The number of benzene rings is 2. The van der Waals surface area contributed by atoms with Gasteiger partial charge in [-0.05, 0) is 37.1 Å². The van der Waals surface area contributed by atoms with Gasteiger partial charge in [0, 0.05) is 36.3 Å². The maximum Gasteiger partial charge on any atom is 0.321 e. The first kappa shape index (κ1) is 19.3. The largest absolute Gasteiger partial charge is 0.497 e. The van der Waals surface area contributed by atoms with E-state index in [1.807, 2.05) is 18.2 Å². The molecule has 2 aromatic carbocycles. The highest BCUT2D eigenvalue weighted by Gasteiger charge is 2.27. The van der Waals surface area contributed by atoms with Gasteiger partial charge in [-0.3, -0.25) is 0 Å². The number of likely N-dealkylation sites (tertiary alicyclic amines) is 1. The lowest BCUT2D eigenvalue weighted by Crippen LogP contribution is -2.41. The molecule has 1 aromatic heterocycles. The number of nitrogens with zero attached hydrogens (tertiary/aromatic N) is 3. The standard InChI is InChI=1S/C21H21FN4O2S/c1-28-16-8-4-7-15(12-16)23-21(27)26-11-5-6-14(13-26)19-24-25-20(29-19)17-9-2-3-10-18(17)22/h2-4,7-10,12,14H,5-6,11,13H2,1H3,(H,23,27). The molecular formula is C21H21FN4O2S. The Morgan fingerprint density at radius 1 is 1.24 bits per heavy atom. The normalized spacial score (nSPS) is 16.5. The molecule has 0 bridgehead atoms. The molecule has 1 unspecified atom stereocenters. The van der Waals surface area contributed by atoms with Gasteiger partial charge in [0.05, 0.1) is 7.11 Å². The molecule has 8 heteroatoms. The molecule has 2 amide bonds. The summed E-state index contributed by atoms with van der Waals surface area (Å²) in [4.78, 5) is 14.5. The molecule has 1 aliphatic heterocycles. The van der Waals surface area contributed by atoms with Crippen LogP contribution in [-0.4, -0.2) is 41.3 Å². The third-order valence-corrected chi connectivity index (χ3v) is 6.04. The minimum absolute atomic E-state index is 0.0952. The van der Waals surface area contributed by atoms with Crippen LogP contribution in [0.3, 0.4) is 0 Å². The van der Waals surface area contributed by atoms with Crippen LogP contribution in [0.25, 0.3) is 10.6 Å². The third kappa shape index (κ3) is 4.37. The second kappa shape index (κ2) is 8.57. The molecule has 1 N–H and O–H groups in total. The van der Waals surface area contributed by atoms with Crippen molar-refractivity contribution in [1.29, 1.82) is 0 Å². The van der Waals surface area contributed by atoms with Gasteiger partial charge >= 0.3 is 6.03 Å². The van der Waals surface area contributed by atoms with Crippen molar-refractivity contribution in [3.8, 4) is 16.3 Å². The fourth-order valence-electron chi connectivity index (χ4n) is 3.41. The number of rotatable bonds is 4. The number of anilines is 1. The first-order valence-corrected chi connectivity index (χ1v) is 10.2. The molecule has 29 heavy (non-hydrogen) atoms. The molecule has 0 saturated carbocycles. The Morgan fingerprint density at radius 3 is 2.93 bits per heavy atom. The van der Waals surface area contributed by atoms with Crippen molar-refractivity contribution >= 4 is 23.1 Å². The molecule has 1 fully saturated rings. The number of carbonyl (C=O) groups is 1. The van der Waals surface area contributed by atoms with E-state index in [-0.39, 0.29) is 17.8 Å². The van der Waals surface area contributed by atoms with E-state index in [1.54, 1.807) is 36.3 Å². The number of ether oxygens (including phenoxy) is 1. The zero-order valence-corrected chi connectivity index (χ0v) is 16.8. The lowest BCUT2D eigenvalue weighted by atomic mass is 9.99. The van der Waals surface area contributed by atoms with E-state index in [1.165, 1.54) is 17.4 Å². The predicted molar refractivity (Wildman–Crippen MR) is 111 cm³/mol. The maximum atomic E-state index is 14.0. The van der Waals surface area contributed by atoms with E-state index in [2.05, 4.69) is 15.5 Å². The molecule has 2 heterocycles. The van der Waals surface area contributed by atoms with Gasteiger partial charge in [0.2, 0.25) is 0 Å². The lowest BCUT2D eigenvalue weighted by Gasteiger charge is -2.31. The predicted octanol–water partition coefficient (Wildman–Crippen LogP) is 4.76. The highest BCUT2D eigenvalue weighted by atomic mass is 32.1. The van der Waals surface area contributed by atoms with Crippen molar-refractivity contribution in [2.24, 2.45) is 0 Å². The summed E-state index contributed by atoms with van der Waals surface area (Å²) in [6, 6.07) is 13.7. The number of carbonyl (C=O) groups excluding carboxylic acids is 1. The van der Waals surface area contributed by atoms with Gasteiger partial charge in [-0.15, -0.1) is 10.2 Å². The minimum Gasteiger partial charge on any atom is -0.497 e. The molecule has 0 radical (unpaired) electrons. The molecule has 150 valence electrons. The van der Waals surface area contributed by atoms with Crippen molar-refractivity contribution in [2.45, 2.75) is 18.8 Å². The summed E-state index contributed by atoms with van der Waals surface area (Å²) in [7, 11) is 1.59. The molecule has 0 aliphatic carbocycles. The summed E-state index contributed by atoms with van der Waals surface area (Å²) in [6.45, 7) is 1.24. The minimum atomic E-state index is -0.307. The monoisotopic (exact) mass is 412 g/mol. The van der Waals surface area contributed by atoms with Gasteiger partial charge in [0.25, 0.3) is 0 Å². The molecule has 0 spiro atoms. The quantitative estimate of drug-likeness (QED) is 0.671. The van der Waals surface area contributed by atoms with E-state index >= 15 is 0 Å². The Morgan fingerprint density at radius 2 is 2.10 bits per heavy atom. The van der Waals surface area contributed by atoms with Crippen molar-refractivity contribution < 1.29 is 13.9 Å². The molecular weight excluding hydrogens is 391 g/mol. The smallest absolute Gasteiger partial charge is 0.321 e. The number of urea groups is 1. The number of methoxy groups -OCH3 is 1. The summed E-state index contributed by atoms with van der Waals surface area (Å²) in [6.07, 6.45) is 1.81. The highest BCUT2D eigenvalue weighted by Crippen LogP contribution is 2.33. The topological polar surface area (TPSA) is 67.3 Å². The summed E-state index contributed by atoms with van der Waals surface area (Å²) in [5, 5.41) is 12.8. The fourth-order valence-corrected chi connectivity index (χ4v) is 4.41. The van der Waals surface area contributed by atoms with Crippen molar-refractivity contribution in [3.63, 3.8) is 0 Å². The zero-order chi connectivity index (χ0) is 20.2. The Bertz CT molecular complexity index is 1010. The van der Waals surface area contributed by atoms with Crippen LogP contribution in [0.4, 0.5) is 14.9 Å². The molecule has 1 saturated heterocycles. The SMILES string of the molecule is COc1cccc(NC(=O)N2CCCC(c3nnc(-c4ccccc4F)s3)C2)c1. The Labute approximate surface area is 172 Å². The van der Waals surface area contributed by atoms with Crippen LogP contribution in [-0.2, 0) is 0 Å². The maximum absolute atomic E-state index is 14.0. The average molecular weight is 412 g/mol. The number of hydrogen-bond donors (Lipinski definition) is 1. The Balaban J connectivity index is 1.44. The van der Waals surface area contributed by atoms with E-state index in [0.717, 1.165) is 17.8 Å². The van der Waals surface area contributed by atoms with Crippen molar-refractivity contribution in [3.05, 3.63) is 59.4 Å². The van der Waals surface area contributed by atoms with Crippen molar-refractivity contribution in [1.82, 2.24) is 15.1 Å². The summed E-state index contributed by atoms with van der Waals surface area (Å²) >= 11 is 1.39. The number of hydrogen-bond acceptors (Lipinski definition) is 5. The number of aromatic nitrogens is 2. The second-order valence-corrected chi connectivity index (χ2v) is 7.88. The van der Waals surface area contributed by atoms with E-state index < -0.39 is 0 Å². The molecule has 4 rings (SSSR count). The first-order chi connectivity index (χ1) is 14.1. The van der Waals surface area contributed by atoms with Crippen molar-refractivity contribution in [2.75, 3.05) is 25.5 Å². The van der Waals surface area contributed by atoms with Crippen LogP contribution in [0.1, 0.15) is 23.8 Å². The van der Waals surface area contributed by atoms with Crippen LogP contribution in [0.2, 0.25) is 0 Å². The second-order valence-electron chi connectivity index (χ2n) is 6.87. The van der Waals surface area contributed by atoms with E-state index in [0.29, 0.717) is 35.1 Å².